The Labute approximate surface area is 132 Å². The second-order valence-electron chi connectivity index (χ2n) is 5.52. The highest BCUT2D eigenvalue weighted by molar-refractivity contribution is 5.97. The van der Waals surface area contributed by atoms with Crippen molar-refractivity contribution in [1.29, 1.82) is 0 Å². The molecule has 0 aliphatic carbocycles. The van der Waals surface area contributed by atoms with Crippen molar-refractivity contribution in [3.8, 4) is 5.69 Å². The minimum Gasteiger partial charge on any atom is -0.480 e. The number of amides is 1. The number of carboxylic acid groups (broad SMARTS) is 1. The molecule has 1 unspecified atom stereocenters. The van der Waals surface area contributed by atoms with Crippen molar-refractivity contribution >= 4 is 11.9 Å². The number of carboxylic acids is 1. The summed E-state index contributed by atoms with van der Waals surface area (Å²) in [6.45, 7) is 5.18. The average molecular weight is 319 g/mol. The summed E-state index contributed by atoms with van der Waals surface area (Å²) >= 11 is 0. The fraction of sp³-hybridized carbons (Fsp3) is 0.312. The molecule has 0 saturated carbocycles. The quantitative estimate of drug-likeness (QED) is 0.886. The Bertz CT molecular complexity index is 723. The zero-order valence-corrected chi connectivity index (χ0v) is 13.1. The summed E-state index contributed by atoms with van der Waals surface area (Å²) < 4.78 is 14.6. The smallest absolute Gasteiger partial charge is 0.325 e. The number of rotatable bonds is 5. The lowest BCUT2D eigenvalue weighted by Crippen LogP contribution is -2.38. The van der Waals surface area contributed by atoms with Crippen LogP contribution in [0.25, 0.3) is 5.69 Å². The molecule has 122 valence electrons. The third kappa shape index (κ3) is 3.56. The molecule has 2 N–H and O–H groups in total. The van der Waals surface area contributed by atoms with Crippen molar-refractivity contribution in [1.82, 2.24) is 15.1 Å². The number of aliphatic carboxylic acids is 1. The van der Waals surface area contributed by atoms with Crippen molar-refractivity contribution in [3.05, 3.63) is 47.5 Å². The van der Waals surface area contributed by atoms with Crippen LogP contribution in [0.15, 0.2) is 30.5 Å². The highest BCUT2D eigenvalue weighted by Crippen LogP contribution is 2.23. The maximum Gasteiger partial charge on any atom is 0.325 e. The Hall–Kier alpha value is -2.70. The van der Waals surface area contributed by atoms with Gasteiger partial charge in [-0.3, -0.25) is 9.59 Å². The van der Waals surface area contributed by atoms with Crippen LogP contribution in [0.1, 0.15) is 42.7 Å². The van der Waals surface area contributed by atoms with E-state index in [1.807, 2.05) is 13.8 Å². The highest BCUT2D eigenvalue weighted by Gasteiger charge is 2.23. The maximum atomic E-state index is 13.1. The molecule has 2 aromatic rings. The van der Waals surface area contributed by atoms with E-state index in [1.165, 1.54) is 25.3 Å². The standard InChI is InChI=1S/C16H18FN3O3/c1-9(2)14-13(15(21)19-10(3)16(22)23)8-18-20(14)12-6-4-11(17)5-7-12/h4-10H,1-3H3,(H,19,21)(H,22,23). The van der Waals surface area contributed by atoms with Gasteiger partial charge in [0.05, 0.1) is 23.1 Å². The van der Waals surface area contributed by atoms with Crippen molar-refractivity contribution < 1.29 is 19.1 Å². The molecule has 0 aliphatic rings. The predicted molar refractivity (Wildman–Crippen MR) is 82.2 cm³/mol. The number of halogens is 1. The van der Waals surface area contributed by atoms with Crippen molar-refractivity contribution in [2.75, 3.05) is 0 Å². The lowest BCUT2D eigenvalue weighted by molar-refractivity contribution is -0.138. The zero-order valence-electron chi connectivity index (χ0n) is 13.1. The summed E-state index contributed by atoms with van der Waals surface area (Å²) in [5.74, 6) is -2.02. The van der Waals surface area contributed by atoms with Gasteiger partial charge in [-0.15, -0.1) is 0 Å². The topological polar surface area (TPSA) is 84.2 Å². The maximum absolute atomic E-state index is 13.1. The van der Waals surface area contributed by atoms with E-state index in [0.717, 1.165) is 0 Å². The Morgan fingerprint density at radius 3 is 2.35 bits per heavy atom. The molecular weight excluding hydrogens is 301 g/mol. The van der Waals surface area contributed by atoms with Crippen LogP contribution in [0.2, 0.25) is 0 Å². The van der Waals surface area contributed by atoms with Gasteiger partial charge in [-0.25, -0.2) is 9.07 Å². The number of nitrogens with one attached hydrogen (secondary N) is 1. The summed E-state index contributed by atoms with van der Waals surface area (Å²) in [6.07, 6.45) is 1.39. The summed E-state index contributed by atoms with van der Waals surface area (Å²) in [4.78, 5) is 23.2. The van der Waals surface area contributed by atoms with E-state index in [1.54, 1.807) is 16.8 Å². The number of nitrogens with zero attached hydrogens (tertiary/aromatic N) is 2. The molecule has 2 rings (SSSR count). The molecule has 1 aromatic heterocycles. The number of aromatic nitrogens is 2. The Kier molecular flexibility index (Phi) is 4.78. The number of carbonyl (C=O) groups excluding carboxylic acids is 1. The van der Waals surface area contributed by atoms with Crippen LogP contribution < -0.4 is 5.32 Å². The van der Waals surface area contributed by atoms with Crippen LogP contribution >= 0.6 is 0 Å². The van der Waals surface area contributed by atoms with Gasteiger partial charge in [0.1, 0.15) is 11.9 Å². The molecule has 0 radical (unpaired) electrons. The number of carbonyl (C=O) groups is 2. The van der Waals surface area contributed by atoms with Crippen LogP contribution in [0, 0.1) is 5.82 Å². The van der Waals surface area contributed by atoms with Gasteiger partial charge in [-0.2, -0.15) is 5.10 Å². The summed E-state index contributed by atoms with van der Waals surface area (Å²) in [5, 5.41) is 15.5. The molecule has 0 spiro atoms. The zero-order chi connectivity index (χ0) is 17.1. The van der Waals surface area contributed by atoms with Gasteiger partial charge in [0.15, 0.2) is 0 Å². The minimum atomic E-state index is -1.12. The van der Waals surface area contributed by atoms with E-state index < -0.39 is 17.9 Å². The van der Waals surface area contributed by atoms with Crippen LogP contribution in [0.3, 0.4) is 0 Å². The van der Waals surface area contributed by atoms with E-state index in [0.29, 0.717) is 16.9 Å². The van der Waals surface area contributed by atoms with Gasteiger partial charge in [0.25, 0.3) is 5.91 Å². The molecular formula is C16H18FN3O3. The first kappa shape index (κ1) is 16.7. The van der Waals surface area contributed by atoms with Gasteiger partial charge in [-0.1, -0.05) is 13.8 Å². The Morgan fingerprint density at radius 2 is 1.83 bits per heavy atom. The molecule has 1 aromatic carbocycles. The van der Waals surface area contributed by atoms with Crippen molar-refractivity contribution in [3.63, 3.8) is 0 Å². The Balaban J connectivity index is 2.41. The molecule has 1 atom stereocenters. The number of hydrogen-bond donors (Lipinski definition) is 2. The molecule has 1 heterocycles. The molecule has 0 bridgehead atoms. The Morgan fingerprint density at radius 1 is 1.22 bits per heavy atom. The van der Waals surface area contributed by atoms with E-state index in [-0.39, 0.29) is 11.7 Å². The van der Waals surface area contributed by atoms with E-state index in [9.17, 15) is 14.0 Å². The van der Waals surface area contributed by atoms with E-state index >= 15 is 0 Å². The number of hydrogen-bond acceptors (Lipinski definition) is 3. The third-order valence-corrected chi connectivity index (χ3v) is 3.39. The lowest BCUT2D eigenvalue weighted by Gasteiger charge is -2.14. The molecule has 23 heavy (non-hydrogen) atoms. The van der Waals surface area contributed by atoms with Crippen LogP contribution in [0.4, 0.5) is 4.39 Å². The van der Waals surface area contributed by atoms with Crippen LogP contribution in [0.5, 0.6) is 0 Å². The van der Waals surface area contributed by atoms with Crippen LogP contribution in [-0.4, -0.2) is 32.8 Å². The molecule has 0 saturated heterocycles. The van der Waals surface area contributed by atoms with Gasteiger partial charge >= 0.3 is 5.97 Å². The van der Waals surface area contributed by atoms with Crippen LogP contribution in [-0.2, 0) is 4.79 Å². The van der Waals surface area contributed by atoms with E-state index in [2.05, 4.69) is 10.4 Å². The van der Waals surface area contributed by atoms with Gasteiger partial charge < -0.3 is 10.4 Å². The second-order valence-corrected chi connectivity index (χ2v) is 5.52. The molecule has 7 heteroatoms. The first-order valence-corrected chi connectivity index (χ1v) is 7.18. The van der Waals surface area contributed by atoms with E-state index in [4.69, 9.17) is 5.11 Å². The van der Waals surface area contributed by atoms with Gasteiger partial charge in [0, 0.05) is 0 Å². The summed E-state index contributed by atoms with van der Waals surface area (Å²) in [7, 11) is 0. The monoisotopic (exact) mass is 319 g/mol. The fourth-order valence-corrected chi connectivity index (χ4v) is 2.21. The lowest BCUT2D eigenvalue weighted by atomic mass is 10.0. The van der Waals surface area contributed by atoms with Gasteiger partial charge in [0.2, 0.25) is 0 Å². The first-order valence-electron chi connectivity index (χ1n) is 7.18. The SMILES string of the molecule is CC(NC(=O)c1cnn(-c2ccc(F)cc2)c1C(C)C)C(=O)O. The second kappa shape index (κ2) is 6.60. The minimum absolute atomic E-state index is 0.0385. The largest absolute Gasteiger partial charge is 0.480 e. The number of benzene rings is 1. The molecule has 6 nitrogen and oxygen atoms in total. The van der Waals surface area contributed by atoms with Crippen molar-refractivity contribution in [2.24, 2.45) is 0 Å². The highest BCUT2D eigenvalue weighted by atomic mass is 19.1. The molecule has 1 amide bonds. The predicted octanol–water partition coefficient (Wildman–Crippen LogP) is 2.34. The van der Waals surface area contributed by atoms with Crippen molar-refractivity contribution in [2.45, 2.75) is 32.7 Å². The average Bonchev–Trinajstić information content (AvgIpc) is 2.92. The summed E-state index contributed by atoms with van der Waals surface area (Å²) in [5.41, 5.74) is 1.56. The normalized spacial score (nSPS) is 12.2. The van der Waals surface area contributed by atoms with Gasteiger partial charge in [-0.05, 0) is 37.1 Å². The first-order chi connectivity index (χ1) is 10.8. The third-order valence-electron chi connectivity index (χ3n) is 3.39. The molecule has 0 aliphatic heterocycles. The molecule has 0 fully saturated rings. The summed E-state index contributed by atoms with van der Waals surface area (Å²) in [6, 6.07) is 4.75. The fourth-order valence-electron chi connectivity index (χ4n) is 2.21.